The molecular formula is C7H12N4O2. The lowest BCUT2D eigenvalue weighted by molar-refractivity contribution is 0.243. The second kappa shape index (κ2) is 4.91. The van der Waals surface area contributed by atoms with Crippen LogP contribution in [0.2, 0.25) is 0 Å². The molecule has 1 aromatic rings. The Bertz CT molecular complexity index is 281. The number of amides is 1. The van der Waals surface area contributed by atoms with Crippen molar-refractivity contribution in [3.63, 3.8) is 0 Å². The van der Waals surface area contributed by atoms with Crippen LogP contribution in [0.1, 0.15) is 7.43 Å². The number of carbonyl (C=O) groups excluding carboxylic acids is 1. The third-order valence-corrected chi connectivity index (χ3v) is 1.16. The van der Waals surface area contributed by atoms with Crippen LogP contribution < -0.4 is 5.32 Å². The van der Waals surface area contributed by atoms with Gasteiger partial charge in [0, 0.05) is 12.4 Å². The van der Waals surface area contributed by atoms with Crippen molar-refractivity contribution in [3.8, 4) is 0 Å². The van der Waals surface area contributed by atoms with Crippen molar-refractivity contribution in [2.24, 2.45) is 0 Å². The van der Waals surface area contributed by atoms with E-state index in [0.29, 0.717) is 0 Å². The van der Waals surface area contributed by atoms with E-state index >= 15 is 0 Å². The first-order chi connectivity index (χ1) is 5.74. The van der Waals surface area contributed by atoms with Crippen molar-refractivity contribution in [2.75, 3.05) is 7.11 Å². The van der Waals surface area contributed by atoms with Crippen molar-refractivity contribution in [2.45, 2.75) is 7.43 Å². The van der Waals surface area contributed by atoms with Crippen LogP contribution in [-0.4, -0.2) is 28.7 Å². The minimum atomic E-state index is -0.473. The molecule has 0 radical (unpaired) electrons. The molecule has 0 spiro atoms. The highest BCUT2D eigenvalue weighted by molar-refractivity contribution is 5.92. The maximum atomic E-state index is 11.1. The van der Waals surface area contributed by atoms with Gasteiger partial charge in [0.05, 0.1) is 7.11 Å². The van der Waals surface area contributed by atoms with Crippen molar-refractivity contribution in [1.82, 2.24) is 14.9 Å². The van der Waals surface area contributed by atoms with Gasteiger partial charge in [-0.05, 0) is 0 Å². The Hall–Kier alpha value is -1.85. The number of carbonyl (C=O) groups is 1. The number of nitrogens with one attached hydrogen (secondary N) is 2. The highest BCUT2D eigenvalue weighted by atomic mass is 16.5. The summed E-state index contributed by atoms with van der Waals surface area (Å²) < 4.78 is 5.64. The first-order valence-electron chi connectivity index (χ1n) is 3.16. The number of imidazole rings is 1. The fourth-order valence-corrected chi connectivity index (χ4v) is 0.592. The van der Waals surface area contributed by atoms with Crippen molar-refractivity contribution in [3.05, 3.63) is 18.7 Å². The first kappa shape index (κ1) is 11.2. The quantitative estimate of drug-likeness (QED) is 0.459. The van der Waals surface area contributed by atoms with Gasteiger partial charge >= 0.3 is 6.03 Å². The van der Waals surface area contributed by atoms with E-state index in [1.54, 1.807) is 0 Å². The molecule has 13 heavy (non-hydrogen) atoms. The number of nitrogens with zero attached hydrogens (tertiary/aromatic N) is 2. The Balaban J connectivity index is 0.00000144. The predicted octanol–water partition coefficient (Wildman–Crippen LogP) is 0.658. The zero-order valence-electron chi connectivity index (χ0n) is 6.44. The Morgan fingerprint density at radius 2 is 2.38 bits per heavy atom. The van der Waals surface area contributed by atoms with E-state index < -0.39 is 6.03 Å². The topological polar surface area (TPSA) is 80.0 Å². The summed E-state index contributed by atoms with van der Waals surface area (Å²) in [5, 5.41) is 9.16. The number of ether oxygens (including phenoxy) is 1. The molecule has 6 nitrogen and oxygen atoms in total. The molecule has 2 N–H and O–H groups in total. The summed E-state index contributed by atoms with van der Waals surface area (Å²) in [5.74, 6) is 0. The number of rotatable bonds is 0. The molecule has 6 heteroatoms. The predicted molar refractivity (Wildman–Crippen MR) is 47.6 cm³/mol. The van der Waals surface area contributed by atoms with Crippen LogP contribution in [0.25, 0.3) is 0 Å². The van der Waals surface area contributed by atoms with Crippen LogP contribution >= 0.6 is 0 Å². The molecule has 1 heterocycles. The molecule has 0 bridgehead atoms. The summed E-state index contributed by atoms with van der Waals surface area (Å²) >= 11 is 0. The fourth-order valence-electron chi connectivity index (χ4n) is 0.592. The second-order valence-electron chi connectivity index (χ2n) is 1.93. The summed E-state index contributed by atoms with van der Waals surface area (Å²) in [6.45, 7) is 0. The summed E-state index contributed by atoms with van der Waals surface area (Å²) in [6.07, 6.45) is 4.27. The zero-order valence-corrected chi connectivity index (χ0v) is 6.44. The molecule has 72 valence electrons. The molecule has 0 aliphatic carbocycles. The van der Waals surface area contributed by atoms with Crippen LogP contribution in [0.4, 0.5) is 4.79 Å². The lowest BCUT2D eigenvalue weighted by Crippen LogP contribution is -2.33. The van der Waals surface area contributed by atoms with Gasteiger partial charge in [0.25, 0.3) is 6.02 Å². The van der Waals surface area contributed by atoms with Crippen LogP contribution in [0.5, 0.6) is 0 Å². The SMILES string of the molecule is C.COC(=N)NC(=O)n1ccnc1. The lowest BCUT2D eigenvalue weighted by Gasteiger charge is -2.03. The van der Waals surface area contributed by atoms with E-state index in [2.05, 4.69) is 15.0 Å². The largest absolute Gasteiger partial charge is 0.468 e. The van der Waals surface area contributed by atoms with Crippen LogP contribution in [-0.2, 0) is 4.74 Å². The van der Waals surface area contributed by atoms with Gasteiger partial charge in [0.15, 0.2) is 0 Å². The number of hydrogen-bond donors (Lipinski definition) is 2. The summed E-state index contributed by atoms with van der Waals surface area (Å²) in [4.78, 5) is 14.7. The molecule has 0 saturated carbocycles. The average Bonchev–Trinajstić information content (AvgIpc) is 2.56. The van der Waals surface area contributed by atoms with E-state index in [0.717, 1.165) is 0 Å². The first-order valence-corrected chi connectivity index (χ1v) is 3.16. The summed E-state index contributed by atoms with van der Waals surface area (Å²) in [7, 11) is 1.30. The van der Waals surface area contributed by atoms with E-state index in [-0.39, 0.29) is 13.4 Å². The van der Waals surface area contributed by atoms with Gasteiger partial charge in [-0.15, -0.1) is 0 Å². The van der Waals surface area contributed by atoms with Gasteiger partial charge in [0.1, 0.15) is 6.33 Å². The maximum absolute atomic E-state index is 11.1. The average molecular weight is 184 g/mol. The van der Waals surface area contributed by atoms with Gasteiger partial charge < -0.3 is 4.74 Å². The van der Waals surface area contributed by atoms with E-state index in [1.807, 2.05) is 0 Å². The van der Waals surface area contributed by atoms with Gasteiger partial charge in [-0.2, -0.15) is 0 Å². The molecule has 0 aliphatic rings. The minimum Gasteiger partial charge on any atom is -0.468 e. The second-order valence-corrected chi connectivity index (χ2v) is 1.93. The standard InChI is InChI=1S/C6H8N4O2.CH4/c1-12-5(7)9-6(11)10-3-2-8-4-10;/h2-4H,1H3,(H2,7,9,11);1H4. The molecule has 0 fully saturated rings. The maximum Gasteiger partial charge on any atom is 0.334 e. The van der Waals surface area contributed by atoms with Crippen molar-refractivity contribution < 1.29 is 9.53 Å². The highest BCUT2D eigenvalue weighted by Crippen LogP contribution is 1.84. The normalized spacial score (nSPS) is 8.38. The van der Waals surface area contributed by atoms with Gasteiger partial charge in [-0.25, -0.2) is 9.78 Å². The minimum absolute atomic E-state index is 0. The molecule has 1 amide bonds. The molecule has 0 aromatic carbocycles. The molecule has 1 rings (SSSR count). The summed E-state index contributed by atoms with van der Waals surface area (Å²) in [6, 6.07) is -0.770. The Morgan fingerprint density at radius 3 is 2.85 bits per heavy atom. The van der Waals surface area contributed by atoms with E-state index in [1.165, 1.54) is 30.4 Å². The molecule has 0 saturated heterocycles. The fraction of sp³-hybridized carbons (Fsp3) is 0.286. The van der Waals surface area contributed by atoms with Crippen LogP contribution in [0.3, 0.4) is 0 Å². The number of methoxy groups -OCH3 is 1. The Labute approximate surface area is 76.0 Å². The number of amidine groups is 1. The Morgan fingerprint density at radius 1 is 1.69 bits per heavy atom. The van der Waals surface area contributed by atoms with Crippen LogP contribution in [0.15, 0.2) is 18.7 Å². The van der Waals surface area contributed by atoms with Gasteiger partial charge in [-0.3, -0.25) is 15.3 Å². The third-order valence-electron chi connectivity index (χ3n) is 1.16. The molecule has 0 atom stereocenters. The Kier molecular flexibility index (Phi) is 4.21. The third kappa shape index (κ3) is 2.94. The molecule has 0 unspecified atom stereocenters. The van der Waals surface area contributed by atoms with Gasteiger partial charge in [0.2, 0.25) is 0 Å². The van der Waals surface area contributed by atoms with Crippen LogP contribution in [0, 0.1) is 5.41 Å². The van der Waals surface area contributed by atoms with E-state index in [9.17, 15) is 4.79 Å². The highest BCUT2D eigenvalue weighted by Gasteiger charge is 2.04. The monoisotopic (exact) mass is 184 g/mol. The lowest BCUT2D eigenvalue weighted by atomic mass is 10.8. The molecule has 0 aliphatic heterocycles. The zero-order chi connectivity index (χ0) is 8.97. The summed E-state index contributed by atoms with van der Waals surface area (Å²) in [5.41, 5.74) is 0. The van der Waals surface area contributed by atoms with Gasteiger partial charge in [-0.1, -0.05) is 7.43 Å². The number of hydrogen-bond acceptors (Lipinski definition) is 4. The van der Waals surface area contributed by atoms with Crippen molar-refractivity contribution >= 4 is 12.1 Å². The smallest absolute Gasteiger partial charge is 0.334 e. The van der Waals surface area contributed by atoms with E-state index in [4.69, 9.17) is 5.41 Å². The van der Waals surface area contributed by atoms with Crippen molar-refractivity contribution in [1.29, 1.82) is 5.41 Å². The molecular weight excluding hydrogens is 172 g/mol. The number of aromatic nitrogens is 2. The molecule has 1 aromatic heterocycles.